The molecule has 1 rings (SSSR count). The third kappa shape index (κ3) is 1.75. The predicted octanol–water partition coefficient (Wildman–Crippen LogP) is 4.13. The van der Waals surface area contributed by atoms with Crippen molar-refractivity contribution in [3.8, 4) is 0 Å². The molecule has 2 nitrogen and oxygen atoms in total. The SMILES string of the molecule is N#[N+]c1cc(Cl)c(Cl)cc1Cl. The van der Waals surface area contributed by atoms with Crippen LogP contribution < -0.4 is 0 Å². The summed E-state index contributed by atoms with van der Waals surface area (Å²) in [6.45, 7) is 0. The summed E-state index contributed by atoms with van der Waals surface area (Å²) in [6.07, 6.45) is 0. The summed E-state index contributed by atoms with van der Waals surface area (Å²) in [7, 11) is 0. The van der Waals surface area contributed by atoms with Gasteiger partial charge in [0, 0.05) is 0 Å². The van der Waals surface area contributed by atoms with E-state index in [0.29, 0.717) is 10.0 Å². The van der Waals surface area contributed by atoms with Gasteiger partial charge in [-0.15, -0.1) is 0 Å². The van der Waals surface area contributed by atoms with Gasteiger partial charge in [-0.2, -0.15) is 0 Å². The van der Waals surface area contributed by atoms with E-state index in [4.69, 9.17) is 40.2 Å². The molecule has 1 aromatic rings. The fraction of sp³-hybridized carbons (Fsp3) is 0. The third-order valence-electron chi connectivity index (χ3n) is 1.10. The van der Waals surface area contributed by atoms with Gasteiger partial charge in [-0.25, -0.2) is 0 Å². The van der Waals surface area contributed by atoms with Crippen LogP contribution in [-0.2, 0) is 0 Å². The molecule has 0 unspecified atom stereocenters. The summed E-state index contributed by atoms with van der Waals surface area (Å²) in [5.41, 5.74) is 0.209. The molecule has 0 spiro atoms. The minimum absolute atomic E-state index is 0.209. The molecule has 56 valence electrons. The van der Waals surface area contributed by atoms with Crippen LogP contribution in [0.25, 0.3) is 4.98 Å². The minimum Gasteiger partial charge on any atom is -0.0826 e. The van der Waals surface area contributed by atoms with Gasteiger partial charge in [0.25, 0.3) is 0 Å². The van der Waals surface area contributed by atoms with Crippen molar-refractivity contribution in [1.29, 1.82) is 5.39 Å². The highest BCUT2D eigenvalue weighted by Crippen LogP contribution is 2.33. The van der Waals surface area contributed by atoms with Crippen molar-refractivity contribution in [1.82, 2.24) is 0 Å². The number of nitrogens with zero attached hydrogens (tertiary/aromatic N) is 2. The highest BCUT2D eigenvalue weighted by Gasteiger charge is 2.14. The van der Waals surface area contributed by atoms with E-state index in [1.807, 2.05) is 0 Å². The maximum Gasteiger partial charge on any atom is 0.404 e. The first-order valence-electron chi connectivity index (χ1n) is 2.65. The second kappa shape index (κ2) is 3.27. The molecular weight excluding hydrogens is 206 g/mol. The number of diazo groups is 1. The molecule has 0 N–H and O–H groups in total. The summed E-state index contributed by atoms with van der Waals surface area (Å²) in [5, 5.41) is 9.28. The Balaban J connectivity index is 3.35. The van der Waals surface area contributed by atoms with Crippen LogP contribution in [0.15, 0.2) is 12.1 Å². The first-order chi connectivity index (χ1) is 5.15. The Morgan fingerprint density at radius 2 is 1.55 bits per heavy atom. The van der Waals surface area contributed by atoms with E-state index >= 15 is 0 Å². The predicted molar refractivity (Wildman–Crippen MR) is 46.2 cm³/mol. The molecule has 0 aromatic heterocycles. The second-order valence-electron chi connectivity index (χ2n) is 1.82. The quantitative estimate of drug-likeness (QED) is 0.465. The van der Waals surface area contributed by atoms with Crippen LogP contribution in [0, 0.1) is 5.39 Å². The lowest BCUT2D eigenvalue weighted by molar-refractivity contribution is 1.46. The Hall–Kier alpha value is -0.490. The zero-order chi connectivity index (χ0) is 8.43. The van der Waals surface area contributed by atoms with E-state index in [1.54, 1.807) is 0 Å². The monoisotopic (exact) mass is 207 g/mol. The zero-order valence-corrected chi connectivity index (χ0v) is 7.45. The van der Waals surface area contributed by atoms with E-state index in [1.165, 1.54) is 12.1 Å². The molecule has 0 saturated carbocycles. The highest BCUT2D eigenvalue weighted by molar-refractivity contribution is 6.44. The molecule has 0 amide bonds. The highest BCUT2D eigenvalue weighted by atomic mass is 35.5. The lowest BCUT2D eigenvalue weighted by Gasteiger charge is -1.90. The molecule has 11 heavy (non-hydrogen) atoms. The van der Waals surface area contributed by atoms with Gasteiger partial charge < -0.3 is 0 Å². The molecule has 0 heterocycles. The van der Waals surface area contributed by atoms with Crippen molar-refractivity contribution >= 4 is 40.5 Å². The van der Waals surface area contributed by atoms with Crippen molar-refractivity contribution < 1.29 is 0 Å². The summed E-state index contributed by atoms with van der Waals surface area (Å²) < 4.78 is 0. The van der Waals surface area contributed by atoms with Crippen molar-refractivity contribution in [2.24, 2.45) is 0 Å². The average molecular weight is 208 g/mol. The van der Waals surface area contributed by atoms with Gasteiger partial charge >= 0.3 is 5.69 Å². The van der Waals surface area contributed by atoms with Crippen LogP contribution in [0.2, 0.25) is 15.1 Å². The van der Waals surface area contributed by atoms with Crippen LogP contribution in [0.1, 0.15) is 0 Å². The molecule has 1 aromatic carbocycles. The van der Waals surface area contributed by atoms with Gasteiger partial charge in [0.05, 0.1) is 16.1 Å². The molecule has 0 bridgehead atoms. The molecule has 0 fully saturated rings. The van der Waals surface area contributed by atoms with Gasteiger partial charge in [0.15, 0.2) is 4.98 Å². The lowest BCUT2D eigenvalue weighted by Crippen LogP contribution is -1.69. The largest absolute Gasteiger partial charge is 0.404 e. The summed E-state index contributed by atoms with van der Waals surface area (Å²) in [4.78, 5) is 2.90. The minimum atomic E-state index is 0.209. The molecule has 0 aliphatic carbocycles. The Morgan fingerprint density at radius 1 is 1.00 bits per heavy atom. The molecule has 0 radical (unpaired) electrons. The smallest absolute Gasteiger partial charge is 0.0826 e. The topological polar surface area (TPSA) is 28.1 Å². The molecule has 0 aliphatic heterocycles. The summed E-state index contributed by atoms with van der Waals surface area (Å²) in [5.74, 6) is 0. The van der Waals surface area contributed by atoms with Crippen molar-refractivity contribution in [2.45, 2.75) is 0 Å². The Labute approximate surface area is 78.3 Å². The van der Waals surface area contributed by atoms with E-state index in [2.05, 4.69) is 4.98 Å². The number of hydrogen-bond acceptors (Lipinski definition) is 1. The second-order valence-corrected chi connectivity index (χ2v) is 3.04. The number of hydrogen-bond donors (Lipinski definition) is 0. The standard InChI is InChI=1S/C6H2Cl3N2/c7-3-1-5(9)6(11-10)2-4(3)8/h1-2H/q+1. The summed E-state index contributed by atoms with van der Waals surface area (Å²) >= 11 is 16.8. The van der Waals surface area contributed by atoms with E-state index < -0.39 is 0 Å². The van der Waals surface area contributed by atoms with Crippen LogP contribution in [0.3, 0.4) is 0 Å². The Kier molecular flexibility index (Phi) is 2.56. The van der Waals surface area contributed by atoms with Gasteiger partial charge in [-0.3, -0.25) is 0 Å². The lowest BCUT2D eigenvalue weighted by atomic mass is 10.3. The van der Waals surface area contributed by atoms with Crippen LogP contribution in [-0.4, -0.2) is 0 Å². The fourth-order valence-corrected chi connectivity index (χ4v) is 1.17. The first kappa shape index (κ1) is 8.61. The maximum atomic E-state index is 8.37. The number of rotatable bonds is 0. The number of halogens is 3. The average Bonchev–Trinajstić information content (AvgIpc) is 1.97. The Morgan fingerprint density at radius 3 is 2.09 bits per heavy atom. The van der Waals surface area contributed by atoms with Gasteiger partial charge in [-0.05, 0) is 6.07 Å². The molecule has 5 heteroatoms. The molecule has 0 aliphatic rings. The normalized spacial score (nSPS) is 9.27. The molecule has 0 saturated heterocycles. The van der Waals surface area contributed by atoms with E-state index in [9.17, 15) is 0 Å². The zero-order valence-electron chi connectivity index (χ0n) is 5.18. The van der Waals surface area contributed by atoms with Crippen molar-refractivity contribution in [3.05, 3.63) is 32.2 Å². The van der Waals surface area contributed by atoms with Crippen LogP contribution >= 0.6 is 34.8 Å². The summed E-state index contributed by atoms with van der Waals surface area (Å²) in [6, 6.07) is 2.80. The fourth-order valence-electron chi connectivity index (χ4n) is 0.589. The third-order valence-corrected chi connectivity index (χ3v) is 2.12. The molecule has 0 atom stereocenters. The van der Waals surface area contributed by atoms with E-state index in [0.717, 1.165) is 0 Å². The van der Waals surface area contributed by atoms with Gasteiger partial charge in [0.1, 0.15) is 5.02 Å². The van der Waals surface area contributed by atoms with Crippen LogP contribution in [0.4, 0.5) is 5.69 Å². The maximum absolute atomic E-state index is 8.37. The van der Waals surface area contributed by atoms with Crippen molar-refractivity contribution in [3.63, 3.8) is 0 Å². The van der Waals surface area contributed by atoms with E-state index in [-0.39, 0.29) is 10.7 Å². The molecular formula is C6H2Cl3N2+. The van der Waals surface area contributed by atoms with Gasteiger partial charge in [0.2, 0.25) is 5.39 Å². The van der Waals surface area contributed by atoms with Gasteiger partial charge in [-0.1, -0.05) is 34.8 Å². The van der Waals surface area contributed by atoms with Crippen molar-refractivity contribution in [2.75, 3.05) is 0 Å². The Bertz CT molecular complexity index is 329. The van der Waals surface area contributed by atoms with Crippen LogP contribution in [0.5, 0.6) is 0 Å². The first-order valence-corrected chi connectivity index (χ1v) is 3.78. The number of benzene rings is 1.